The van der Waals surface area contributed by atoms with Crippen LogP contribution in [0.15, 0.2) is 35.7 Å². The molecule has 1 aromatic heterocycles. The molecule has 0 spiro atoms. The van der Waals surface area contributed by atoms with Crippen LogP contribution in [0.2, 0.25) is 0 Å². The minimum Gasteiger partial charge on any atom is -0.360 e. The molecule has 3 nitrogen and oxygen atoms in total. The fourth-order valence-electron chi connectivity index (χ4n) is 2.60. The van der Waals surface area contributed by atoms with Crippen LogP contribution in [0.3, 0.4) is 0 Å². The van der Waals surface area contributed by atoms with E-state index in [1.54, 1.807) is 11.3 Å². The maximum absolute atomic E-state index is 4.65. The summed E-state index contributed by atoms with van der Waals surface area (Å²) in [5, 5.41) is 6.60. The predicted octanol–water partition coefficient (Wildman–Crippen LogP) is 3.71. The molecule has 106 valence electrons. The monoisotopic (exact) mass is 287 g/mol. The minimum atomic E-state index is 0.988. The highest BCUT2D eigenvalue weighted by Crippen LogP contribution is 2.24. The van der Waals surface area contributed by atoms with Crippen molar-refractivity contribution in [3.63, 3.8) is 0 Å². The van der Waals surface area contributed by atoms with Crippen LogP contribution < -0.4 is 5.32 Å². The van der Waals surface area contributed by atoms with Gasteiger partial charge in [-0.2, -0.15) is 0 Å². The van der Waals surface area contributed by atoms with Gasteiger partial charge in [0, 0.05) is 24.0 Å². The number of hydrogen-bond acceptors (Lipinski definition) is 4. The van der Waals surface area contributed by atoms with Gasteiger partial charge in [-0.25, -0.2) is 4.98 Å². The SMILES string of the molecule is c1ccc(-c2csc(NCCN3CCCCC3)n2)cc1. The highest BCUT2D eigenvalue weighted by atomic mass is 32.1. The van der Waals surface area contributed by atoms with Gasteiger partial charge in [-0.05, 0) is 25.9 Å². The minimum absolute atomic E-state index is 0.988. The summed E-state index contributed by atoms with van der Waals surface area (Å²) in [5.74, 6) is 0. The average Bonchev–Trinajstić information content (AvgIpc) is 2.98. The molecule has 0 saturated carbocycles. The van der Waals surface area contributed by atoms with Crippen molar-refractivity contribution in [3.8, 4) is 11.3 Å². The number of piperidine rings is 1. The summed E-state index contributed by atoms with van der Waals surface area (Å²) in [6, 6.07) is 10.4. The number of nitrogens with one attached hydrogen (secondary N) is 1. The summed E-state index contributed by atoms with van der Waals surface area (Å²) in [4.78, 5) is 7.20. The van der Waals surface area contributed by atoms with Gasteiger partial charge in [0.2, 0.25) is 0 Å². The highest BCUT2D eigenvalue weighted by Gasteiger charge is 2.09. The van der Waals surface area contributed by atoms with Crippen molar-refractivity contribution in [1.82, 2.24) is 9.88 Å². The number of aromatic nitrogens is 1. The van der Waals surface area contributed by atoms with Gasteiger partial charge >= 0.3 is 0 Å². The second-order valence-electron chi connectivity index (χ2n) is 5.23. The number of anilines is 1. The van der Waals surface area contributed by atoms with Crippen LogP contribution in [0, 0.1) is 0 Å². The third kappa shape index (κ3) is 3.58. The molecule has 20 heavy (non-hydrogen) atoms. The van der Waals surface area contributed by atoms with Crippen LogP contribution >= 0.6 is 11.3 Å². The van der Waals surface area contributed by atoms with Gasteiger partial charge in [0.15, 0.2) is 5.13 Å². The Labute approximate surface area is 124 Å². The standard InChI is InChI=1S/C16H21N3S/c1-3-7-14(8-4-1)15-13-20-16(18-15)17-9-12-19-10-5-2-6-11-19/h1,3-4,7-8,13H,2,5-6,9-12H2,(H,17,18). The lowest BCUT2D eigenvalue weighted by molar-refractivity contribution is 0.237. The summed E-state index contributed by atoms with van der Waals surface area (Å²) in [6.07, 6.45) is 4.11. The lowest BCUT2D eigenvalue weighted by Crippen LogP contribution is -2.33. The van der Waals surface area contributed by atoms with Crippen molar-refractivity contribution in [2.45, 2.75) is 19.3 Å². The molecule has 1 N–H and O–H groups in total. The predicted molar refractivity (Wildman–Crippen MR) is 86.3 cm³/mol. The summed E-state index contributed by atoms with van der Waals surface area (Å²) >= 11 is 1.69. The number of hydrogen-bond donors (Lipinski definition) is 1. The molecule has 0 amide bonds. The van der Waals surface area contributed by atoms with E-state index in [2.05, 4.69) is 44.8 Å². The smallest absolute Gasteiger partial charge is 0.183 e. The molecule has 1 aliphatic rings. The van der Waals surface area contributed by atoms with Gasteiger partial charge in [0.1, 0.15) is 0 Å². The van der Waals surface area contributed by atoms with Crippen molar-refractivity contribution in [2.75, 3.05) is 31.5 Å². The second kappa shape index (κ2) is 6.86. The van der Waals surface area contributed by atoms with Crippen LogP contribution in [0.1, 0.15) is 19.3 Å². The van der Waals surface area contributed by atoms with E-state index in [4.69, 9.17) is 0 Å². The van der Waals surface area contributed by atoms with E-state index in [1.165, 1.54) is 37.9 Å². The van der Waals surface area contributed by atoms with Crippen molar-refractivity contribution >= 4 is 16.5 Å². The molecular formula is C16H21N3S. The fourth-order valence-corrected chi connectivity index (χ4v) is 3.35. The van der Waals surface area contributed by atoms with Gasteiger partial charge in [0.05, 0.1) is 5.69 Å². The first-order valence-corrected chi connectivity index (χ1v) is 8.27. The Morgan fingerprint density at radius 1 is 1.10 bits per heavy atom. The number of nitrogens with zero attached hydrogens (tertiary/aromatic N) is 2. The molecule has 0 bridgehead atoms. The zero-order chi connectivity index (χ0) is 13.6. The highest BCUT2D eigenvalue weighted by molar-refractivity contribution is 7.14. The van der Waals surface area contributed by atoms with E-state index < -0.39 is 0 Å². The molecule has 0 aliphatic carbocycles. The fraction of sp³-hybridized carbons (Fsp3) is 0.438. The molecule has 2 aromatic rings. The molecule has 0 unspecified atom stereocenters. The van der Waals surface area contributed by atoms with Crippen molar-refractivity contribution < 1.29 is 0 Å². The number of rotatable bonds is 5. The van der Waals surface area contributed by atoms with Crippen LogP contribution in [-0.2, 0) is 0 Å². The largest absolute Gasteiger partial charge is 0.360 e. The van der Waals surface area contributed by atoms with Crippen molar-refractivity contribution in [2.24, 2.45) is 0 Å². The molecule has 0 radical (unpaired) electrons. The molecule has 2 heterocycles. The van der Waals surface area contributed by atoms with Crippen molar-refractivity contribution in [1.29, 1.82) is 0 Å². The van der Waals surface area contributed by atoms with Crippen molar-refractivity contribution in [3.05, 3.63) is 35.7 Å². The Balaban J connectivity index is 1.50. The lowest BCUT2D eigenvalue weighted by atomic mass is 10.1. The molecule has 1 aromatic carbocycles. The Bertz CT molecular complexity index is 518. The quantitative estimate of drug-likeness (QED) is 0.908. The number of thiazole rings is 1. The van der Waals surface area contributed by atoms with E-state index in [0.717, 1.165) is 23.9 Å². The topological polar surface area (TPSA) is 28.2 Å². The van der Waals surface area contributed by atoms with E-state index in [-0.39, 0.29) is 0 Å². The van der Waals surface area contributed by atoms with Gasteiger partial charge in [0.25, 0.3) is 0 Å². The molecule has 4 heteroatoms. The van der Waals surface area contributed by atoms with Crippen LogP contribution in [0.5, 0.6) is 0 Å². The van der Waals surface area contributed by atoms with E-state index >= 15 is 0 Å². The van der Waals surface area contributed by atoms with E-state index in [0.29, 0.717) is 0 Å². The molecule has 1 fully saturated rings. The molecular weight excluding hydrogens is 266 g/mol. The molecule has 1 saturated heterocycles. The first-order chi connectivity index (χ1) is 9.92. The second-order valence-corrected chi connectivity index (χ2v) is 6.09. The van der Waals surface area contributed by atoms with Crippen LogP contribution in [0.4, 0.5) is 5.13 Å². The average molecular weight is 287 g/mol. The first kappa shape index (κ1) is 13.6. The summed E-state index contributed by atoms with van der Waals surface area (Å²) in [7, 11) is 0. The first-order valence-electron chi connectivity index (χ1n) is 7.39. The molecule has 3 rings (SSSR count). The van der Waals surface area contributed by atoms with Gasteiger partial charge in [-0.3, -0.25) is 0 Å². The Kier molecular flexibility index (Phi) is 4.66. The Morgan fingerprint density at radius 2 is 1.90 bits per heavy atom. The third-order valence-electron chi connectivity index (χ3n) is 3.73. The summed E-state index contributed by atoms with van der Waals surface area (Å²) in [5.41, 5.74) is 2.25. The maximum atomic E-state index is 4.65. The van der Waals surface area contributed by atoms with Gasteiger partial charge < -0.3 is 10.2 Å². The van der Waals surface area contributed by atoms with Crippen LogP contribution in [-0.4, -0.2) is 36.1 Å². The van der Waals surface area contributed by atoms with E-state index in [9.17, 15) is 0 Å². The van der Waals surface area contributed by atoms with E-state index in [1.807, 2.05) is 6.07 Å². The zero-order valence-corrected chi connectivity index (χ0v) is 12.5. The molecule has 1 aliphatic heterocycles. The number of likely N-dealkylation sites (tertiary alicyclic amines) is 1. The Hall–Kier alpha value is -1.39. The normalized spacial score (nSPS) is 16.2. The summed E-state index contributed by atoms with van der Waals surface area (Å²) < 4.78 is 0. The summed E-state index contributed by atoms with van der Waals surface area (Å²) in [6.45, 7) is 4.63. The molecule has 0 atom stereocenters. The van der Waals surface area contributed by atoms with Gasteiger partial charge in [-0.1, -0.05) is 36.8 Å². The lowest BCUT2D eigenvalue weighted by Gasteiger charge is -2.26. The maximum Gasteiger partial charge on any atom is 0.183 e. The zero-order valence-electron chi connectivity index (χ0n) is 11.7. The number of benzene rings is 1. The Morgan fingerprint density at radius 3 is 2.70 bits per heavy atom. The van der Waals surface area contributed by atoms with Gasteiger partial charge in [-0.15, -0.1) is 11.3 Å². The third-order valence-corrected chi connectivity index (χ3v) is 4.53. The van der Waals surface area contributed by atoms with Crippen LogP contribution in [0.25, 0.3) is 11.3 Å².